The van der Waals surface area contributed by atoms with Crippen molar-refractivity contribution < 1.29 is 14.3 Å². The third-order valence-electron chi connectivity index (χ3n) is 5.50. The molecule has 0 fully saturated rings. The van der Waals surface area contributed by atoms with Crippen molar-refractivity contribution in [3.63, 3.8) is 0 Å². The summed E-state index contributed by atoms with van der Waals surface area (Å²) in [5.74, 6) is 1.13. The molecule has 0 aliphatic rings. The molecular formula is C26H28O3. The van der Waals surface area contributed by atoms with Crippen molar-refractivity contribution in [3.8, 4) is 11.5 Å². The van der Waals surface area contributed by atoms with Gasteiger partial charge in [-0.25, -0.2) is 4.79 Å². The highest BCUT2D eigenvalue weighted by Gasteiger charge is 2.25. The zero-order valence-corrected chi connectivity index (χ0v) is 18.0. The fraction of sp³-hybridized carbons (Fsp3) is 0.269. The van der Waals surface area contributed by atoms with Gasteiger partial charge in [-0.2, -0.15) is 0 Å². The molecule has 0 aliphatic heterocycles. The fourth-order valence-electron chi connectivity index (χ4n) is 3.43. The van der Waals surface area contributed by atoms with Crippen molar-refractivity contribution in [2.45, 2.75) is 40.0 Å². The Morgan fingerprint density at radius 3 is 1.76 bits per heavy atom. The van der Waals surface area contributed by atoms with Crippen LogP contribution in [0, 0.1) is 20.8 Å². The average molecular weight is 389 g/mol. The summed E-state index contributed by atoms with van der Waals surface area (Å²) in [5.41, 5.74) is 5.88. The first-order chi connectivity index (χ1) is 13.7. The summed E-state index contributed by atoms with van der Waals surface area (Å²) in [4.78, 5) is 12.4. The number of esters is 1. The predicted octanol–water partition coefficient (Wildman–Crippen LogP) is 6.17. The largest absolute Gasteiger partial charge is 0.496 e. The number of carbonyl (C=O) groups is 1. The molecule has 0 aromatic heterocycles. The van der Waals surface area contributed by atoms with E-state index in [1.807, 2.05) is 44.2 Å². The molecule has 0 bridgehead atoms. The molecular weight excluding hydrogens is 360 g/mol. The molecule has 0 unspecified atom stereocenters. The number of methoxy groups -OCH3 is 1. The Morgan fingerprint density at radius 2 is 1.28 bits per heavy atom. The van der Waals surface area contributed by atoms with Gasteiger partial charge in [0.05, 0.1) is 12.7 Å². The van der Waals surface area contributed by atoms with Crippen molar-refractivity contribution in [3.05, 3.63) is 94.0 Å². The third-order valence-corrected chi connectivity index (χ3v) is 5.50. The Kier molecular flexibility index (Phi) is 5.78. The molecule has 0 saturated heterocycles. The van der Waals surface area contributed by atoms with Gasteiger partial charge in [0.2, 0.25) is 0 Å². The van der Waals surface area contributed by atoms with E-state index in [-0.39, 0.29) is 11.4 Å². The summed E-state index contributed by atoms with van der Waals surface area (Å²) in [6.07, 6.45) is 0. The first kappa shape index (κ1) is 20.7. The van der Waals surface area contributed by atoms with Crippen LogP contribution < -0.4 is 9.47 Å². The van der Waals surface area contributed by atoms with Gasteiger partial charge in [-0.3, -0.25) is 0 Å². The van der Waals surface area contributed by atoms with Gasteiger partial charge in [-0.05, 0) is 67.3 Å². The maximum Gasteiger partial charge on any atom is 0.343 e. The maximum atomic E-state index is 12.4. The average Bonchev–Trinajstić information content (AvgIpc) is 2.69. The minimum Gasteiger partial charge on any atom is -0.496 e. The highest BCUT2D eigenvalue weighted by atomic mass is 16.5. The van der Waals surface area contributed by atoms with Crippen LogP contribution in [0.5, 0.6) is 11.5 Å². The van der Waals surface area contributed by atoms with Gasteiger partial charge in [-0.1, -0.05) is 55.8 Å². The van der Waals surface area contributed by atoms with Gasteiger partial charge in [0.25, 0.3) is 0 Å². The van der Waals surface area contributed by atoms with Crippen LogP contribution in [0.15, 0.2) is 60.7 Å². The van der Waals surface area contributed by atoms with E-state index in [0.717, 1.165) is 28.0 Å². The Labute approximate surface area is 173 Å². The van der Waals surface area contributed by atoms with Gasteiger partial charge < -0.3 is 9.47 Å². The van der Waals surface area contributed by atoms with Crippen LogP contribution in [-0.2, 0) is 5.41 Å². The van der Waals surface area contributed by atoms with Crippen molar-refractivity contribution in [2.75, 3.05) is 7.11 Å². The number of aryl methyl sites for hydroxylation is 3. The number of ether oxygens (including phenoxy) is 2. The highest BCUT2D eigenvalue weighted by molar-refractivity contribution is 5.91. The van der Waals surface area contributed by atoms with E-state index in [0.29, 0.717) is 11.3 Å². The van der Waals surface area contributed by atoms with Crippen LogP contribution in [0.1, 0.15) is 52.0 Å². The third kappa shape index (κ3) is 4.34. The van der Waals surface area contributed by atoms with Crippen molar-refractivity contribution in [1.82, 2.24) is 0 Å². The molecule has 150 valence electrons. The summed E-state index contributed by atoms with van der Waals surface area (Å²) < 4.78 is 11.0. The second-order valence-electron chi connectivity index (χ2n) is 8.05. The molecule has 0 amide bonds. The summed E-state index contributed by atoms with van der Waals surface area (Å²) >= 11 is 0. The minimum atomic E-state index is -0.342. The van der Waals surface area contributed by atoms with Crippen LogP contribution in [0.25, 0.3) is 0 Å². The van der Waals surface area contributed by atoms with Crippen LogP contribution in [0.4, 0.5) is 0 Å². The zero-order chi connectivity index (χ0) is 21.2. The quantitative estimate of drug-likeness (QED) is 0.387. The van der Waals surface area contributed by atoms with Gasteiger partial charge in [-0.15, -0.1) is 0 Å². The Balaban J connectivity index is 1.85. The molecule has 3 heteroatoms. The lowest BCUT2D eigenvalue weighted by Crippen LogP contribution is -2.19. The lowest BCUT2D eigenvalue weighted by Gasteiger charge is -2.27. The lowest BCUT2D eigenvalue weighted by atomic mass is 9.77. The first-order valence-electron chi connectivity index (χ1n) is 9.77. The van der Waals surface area contributed by atoms with E-state index in [2.05, 4.69) is 39.0 Å². The molecule has 3 aromatic carbocycles. The first-order valence-corrected chi connectivity index (χ1v) is 9.77. The molecule has 0 heterocycles. The Bertz CT molecular complexity index is 1030. The summed E-state index contributed by atoms with van der Waals surface area (Å²) in [7, 11) is 1.69. The van der Waals surface area contributed by atoms with E-state index < -0.39 is 0 Å². The van der Waals surface area contributed by atoms with E-state index in [9.17, 15) is 4.79 Å². The summed E-state index contributed by atoms with van der Waals surface area (Å²) in [5, 5.41) is 0. The van der Waals surface area contributed by atoms with E-state index >= 15 is 0 Å². The summed E-state index contributed by atoms with van der Waals surface area (Å²) in [6.45, 7) is 10.4. The molecule has 0 aliphatic carbocycles. The second kappa shape index (κ2) is 8.12. The fourth-order valence-corrected chi connectivity index (χ4v) is 3.43. The molecule has 0 spiro atoms. The van der Waals surface area contributed by atoms with Crippen LogP contribution in [0.3, 0.4) is 0 Å². The van der Waals surface area contributed by atoms with Crippen molar-refractivity contribution in [1.29, 1.82) is 0 Å². The van der Waals surface area contributed by atoms with Gasteiger partial charge >= 0.3 is 5.97 Å². The Morgan fingerprint density at radius 1 is 0.759 bits per heavy atom. The van der Waals surface area contributed by atoms with Gasteiger partial charge in [0, 0.05) is 5.41 Å². The molecule has 3 aromatic rings. The van der Waals surface area contributed by atoms with Crippen molar-refractivity contribution in [2.24, 2.45) is 0 Å². The number of carbonyl (C=O) groups excluding carboxylic acids is 1. The topological polar surface area (TPSA) is 35.5 Å². The number of rotatable bonds is 5. The zero-order valence-electron chi connectivity index (χ0n) is 18.0. The molecule has 0 radical (unpaired) electrons. The number of benzene rings is 3. The number of hydrogen-bond acceptors (Lipinski definition) is 3. The Hall–Kier alpha value is -3.07. The van der Waals surface area contributed by atoms with E-state index in [1.165, 1.54) is 5.56 Å². The smallest absolute Gasteiger partial charge is 0.343 e. The molecule has 0 saturated carbocycles. The lowest BCUT2D eigenvalue weighted by molar-refractivity contribution is 0.0733. The standard InChI is InChI=1S/C26H28O3/c1-17-7-9-20(10-8-17)25(27)29-24-14-12-22(16-19(24)3)26(4,5)21-11-13-23(28-6)18(2)15-21/h7-16H,1-6H3. The molecule has 0 atom stereocenters. The van der Waals surface area contributed by atoms with Gasteiger partial charge in [0.15, 0.2) is 0 Å². The van der Waals surface area contributed by atoms with Crippen LogP contribution in [0.2, 0.25) is 0 Å². The van der Waals surface area contributed by atoms with E-state index in [1.54, 1.807) is 19.2 Å². The SMILES string of the molecule is COc1ccc(C(C)(C)c2ccc(OC(=O)c3ccc(C)cc3)c(C)c2)cc1C. The second-order valence-corrected chi connectivity index (χ2v) is 8.05. The summed E-state index contributed by atoms with van der Waals surface area (Å²) in [6, 6.07) is 19.7. The van der Waals surface area contributed by atoms with E-state index in [4.69, 9.17) is 9.47 Å². The predicted molar refractivity (Wildman–Crippen MR) is 117 cm³/mol. The van der Waals surface area contributed by atoms with Crippen LogP contribution in [-0.4, -0.2) is 13.1 Å². The normalized spacial score (nSPS) is 11.2. The molecule has 3 rings (SSSR count). The van der Waals surface area contributed by atoms with Crippen LogP contribution >= 0.6 is 0 Å². The van der Waals surface area contributed by atoms with Crippen molar-refractivity contribution >= 4 is 5.97 Å². The number of hydrogen-bond donors (Lipinski definition) is 0. The minimum absolute atomic E-state index is 0.193. The molecule has 3 nitrogen and oxygen atoms in total. The maximum absolute atomic E-state index is 12.4. The molecule has 29 heavy (non-hydrogen) atoms. The van der Waals surface area contributed by atoms with Gasteiger partial charge in [0.1, 0.15) is 11.5 Å². The monoisotopic (exact) mass is 388 g/mol. The highest BCUT2D eigenvalue weighted by Crippen LogP contribution is 2.35. The molecule has 0 N–H and O–H groups in total.